The lowest BCUT2D eigenvalue weighted by Crippen LogP contribution is -2.31. The highest BCUT2D eigenvalue weighted by Crippen LogP contribution is 2.48. The summed E-state index contributed by atoms with van der Waals surface area (Å²) in [6.45, 7) is 3.72. The van der Waals surface area contributed by atoms with Crippen molar-refractivity contribution in [3.8, 4) is 0 Å². The van der Waals surface area contributed by atoms with Crippen LogP contribution in [0.5, 0.6) is 0 Å². The van der Waals surface area contributed by atoms with Crippen molar-refractivity contribution in [2.45, 2.75) is 39.0 Å². The number of hydrogen-bond acceptors (Lipinski definition) is 4. The fourth-order valence-electron chi connectivity index (χ4n) is 2.88. The van der Waals surface area contributed by atoms with Gasteiger partial charge in [0.15, 0.2) is 0 Å². The van der Waals surface area contributed by atoms with Crippen molar-refractivity contribution in [2.24, 2.45) is 17.8 Å². The van der Waals surface area contributed by atoms with E-state index in [0.717, 1.165) is 31.3 Å². The van der Waals surface area contributed by atoms with Gasteiger partial charge in [-0.25, -0.2) is 4.98 Å². The third-order valence-corrected chi connectivity index (χ3v) is 4.38. The van der Waals surface area contributed by atoms with Crippen LogP contribution in [0.25, 0.3) is 0 Å². The van der Waals surface area contributed by atoms with Crippen molar-refractivity contribution < 1.29 is 4.79 Å². The molecular formula is C16H24N4O. The van der Waals surface area contributed by atoms with Gasteiger partial charge in [0.1, 0.15) is 11.5 Å². The molecule has 2 saturated carbocycles. The van der Waals surface area contributed by atoms with E-state index in [9.17, 15) is 4.79 Å². The summed E-state index contributed by atoms with van der Waals surface area (Å²) in [5.41, 5.74) is 0.404. The Morgan fingerprint density at radius 3 is 2.62 bits per heavy atom. The molecule has 0 aliphatic heterocycles. The lowest BCUT2D eigenvalue weighted by atomic mass is 9.98. The van der Waals surface area contributed by atoms with Gasteiger partial charge in [0.2, 0.25) is 0 Å². The summed E-state index contributed by atoms with van der Waals surface area (Å²) in [6, 6.07) is 0. The largest absolute Gasteiger partial charge is 0.369 e. The van der Waals surface area contributed by atoms with Crippen molar-refractivity contribution in [3.05, 3.63) is 18.1 Å². The van der Waals surface area contributed by atoms with Gasteiger partial charge >= 0.3 is 0 Å². The first-order valence-corrected chi connectivity index (χ1v) is 8.12. The van der Waals surface area contributed by atoms with Crippen LogP contribution in [0.15, 0.2) is 12.4 Å². The molecular weight excluding hydrogens is 264 g/mol. The number of aromatic nitrogens is 2. The molecule has 1 heterocycles. The molecule has 2 fully saturated rings. The van der Waals surface area contributed by atoms with Gasteiger partial charge in [-0.2, -0.15) is 0 Å². The van der Waals surface area contributed by atoms with E-state index < -0.39 is 0 Å². The summed E-state index contributed by atoms with van der Waals surface area (Å²) in [4.78, 5) is 20.6. The van der Waals surface area contributed by atoms with Crippen molar-refractivity contribution in [2.75, 3.05) is 18.4 Å². The lowest BCUT2D eigenvalue weighted by molar-refractivity contribution is 0.0938. The number of carbonyl (C=O) groups is 1. The van der Waals surface area contributed by atoms with Gasteiger partial charge < -0.3 is 10.6 Å². The van der Waals surface area contributed by atoms with E-state index in [2.05, 4.69) is 27.5 Å². The first-order chi connectivity index (χ1) is 10.3. The van der Waals surface area contributed by atoms with Crippen molar-refractivity contribution in [3.63, 3.8) is 0 Å². The Bertz CT molecular complexity index is 485. The summed E-state index contributed by atoms with van der Waals surface area (Å²) in [6.07, 6.45) is 9.57. The van der Waals surface area contributed by atoms with E-state index in [1.165, 1.54) is 31.9 Å². The first kappa shape index (κ1) is 14.3. The van der Waals surface area contributed by atoms with Crippen LogP contribution in [-0.2, 0) is 0 Å². The molecule has 0 bridgehead atoms. The number of hydrogen-bond donors (Lipinski definition) is 2. The lowest BCUT2D eigenvalue weighted by Gasteiger charge is -2.16. The minimum absolute atomic E-state index is 0.103. The van der Waals surface area contributed by atoms with Crippen molar-refractivity contribution in [1.82, 2.24) is 15.3 Å². The maximum absolute atomic E-state index is 12.2. The van der Waals surface area contributed by atoms with Gasteiger partial charge in [-0.05, 0) is 49.9 Å². The fourth-order valence-corrected chi connectivity index (χ4v) is 2.88. The Hall–Kier alpha value is -1.65. The highest BCUT2D eigenvalue weighted by Gasteiger charge is 2.41. The summed E-state index contributed by atoms with van der Waals surface area (Å²) in [5.74, 6) is 2.95. The second-order valence-corrected chi connectivity index (χ2v) is 6.27. The van der Waals surface area contributed by atoms with Crippen molar-refractivity contribution in [1.29, 1.82) is 0 Å². The highest BCUT2D eigenvalue weighted by molar-refractivity contribution is 5.92. The van der Waals surface area contributed by atoms with Crippen LogP contribution in [0.1, 0.15) is 49.5 Å². The molecule has 114 valence electrons. The molecule has 5 heteroatoms. The second kappa shape index (κ2) is 6.41. The minimum Gasteiger partial charge on any atom is -0.369 e. The normalized spacial score (nSPS) is 17.8. The van der Waals surface area contributed by atoms with E-state index in [1.807, 2.05) is 0 Å². The molecule has 2 aliphatic carbocycles. The molecule has 1 aromatic rings. The summed E-state index contributed by atoms with van der Waals surface area (Å²) in [7, 11) is 0. The monoisotopic (exact) mass is 288 g/mol. The van der Waals surface area contributed by atoms with E-state index >= 15 is 0 Å². The molecule has 0 spiro atoms. The van der Waals surface area contributed by atoms with Gasteiger partial charge in [0.25, 0.3) is 5.91 Å². The average molecular weight is 288 g/mol. The van der Waals surface area contributed by atoms with Gasteiger partial charge in [-0.3, -0.25) is 9.78 Å². The smallest absolute Gasteiger partial charge is 0.271 e. The number of rotatable bonds is 8. The van der Waals surface area contributed by atoms with E-state index in [0.29, 0.717) is 17.4 Å². The molecule has 0 radical (unpaired) electrons. The number of nitrogens with zero attached hydrogens (tertiary/aromatic N) is 2. The van der Waals surface area contributed by atoms with Gasteiger partial charge in [0.05, 0.1) is 12.4 Å². The van der Waals surface area contributed by atoms with Gasteiger partial charge in [-0.1, -0.05) is 6.92 Å². The van der Waals surface area contributed by atoms with Crippen LogP contribution in [-0.4, -0.2) is 29.0 Å². The Kier molecular flexibility index (Phi) is 4.36. The molecule has 0 aromatic carbocycles. The molecule has 2 N–H and O–H groups in total. The first-order valence-electron chi connectivity index (χ1n) is 8.12. The zero-order chi connectivity index (χ0) is 14.7. The van der Waals surface area contributed by atoms with Crippen LogP contribution < -0.4 is 10.6 Å². The van der Waals surface area contributed by atoms with Gasteiger partial charge in [0, 0.05) is 13.1 Å². The number of anilines is 1. The molecule has 0 unspecified atom stereocenters. The number of carbonyl (C=O) groups excluding carboxylic acids is 1. The zero-order valence-electron chi connectivity index (χ0n) is 12.6. The van der Waals surface area contributed by atoms with E-state index in [1.54, 1.807) is 6.20 Å². The maximum atomic E-state index is 12.2. The van der Waals surface area contributed by atoms with Crippen LogP contribution >= 0.6 is 0 Å². The van der Waals surface area contributed by atoms with Crippen LogP contribution in [0.4, 0.5) is 5.82 Å². The van der Waals surface area contributed by atoms with E-state index in [-0.39, 0.29) is 5.91 Å². The zero-order valence-corrected chi connectivity index (χ0v) is 12.6. The molecule has 0 saturated heterocycles. The van der Waals surface area contributed by atoms with Crippen LogP contribution in [0.3, 0.4) is 0 Å². The van der Waals surface area contributed by atoms with Crippen LogP contribution in [0, 0.1) is 17.8 Å². The topological polar surface area (TPSA) is 66.9 Å². The highest BCUT2D eigenvalue weighted by atomic mass is 16.1. The van der Waals surface area contributed by atoms with Gasteiger partial charge in [-0.15, -0.1) is 0 Å². The number of nitrogens with one attached hydrogen (secondary N) is 2. The predicted octanol–water partition coefficient (Wildman–Crippen LogP) is 2.46. The molecule has 5 nitrogen and oxygen atoms in total. The molecule has 1 amide bonds. The molecule has 21 heavy (non-hydrogen) atoms. The Morgan fingerprint density at radius 2 is 2.00 bits per heavy atom. The van der Waals surface area contributed by atoms with E-state index in [4.69, 9.17) is 0 Å². The molecule has 3 rings (SSSR count). The summed E-state index contributed by atoms with van der Waals surface area (Å²) in [5, 5.41) is 6.21. The van der Waals surface area contributed by atoms with Crippen molar-refractivity contribution >= 4 is 11.7 Å². The summed E-state index contributed by atoms with van der Waals surface area (Å²) >= 11 is 0. The summed E-state index contributed by atoms with van der Waals surface area (Å²) < 4.78 is 0. The molecule has 1 aromatic heterocycles. The second-order valence-electron chi connectivity index (χ2n) is 6.27. The quantitative estimate of drug-likeness (QED) is 0.771. The average Bonchev–Trinajstić information content (AvgIpc) is 3.38. The Labute approximate surface area is 125 Å². The molecule has 0 atom stereocenters. The Morgan fingerprint density at radius 1 is 1.29 bits per heavy atom. The Balaban J connectivity index is 1.54. The third-order valence-electron chi connectivity index (χ3n) is 4.38. The standard InChI is InChI=1S/C16H24N4O/c1-2-7-18-15-10-17-9-14(20-15)16(21)19-8-13(11-3-4-11)12-5-6-12/h9-13H,2-8H2,1H3,(H,18,20)(H,19,21). The number of amides is 1. The minimum atomic E-state index is -0.103. The third kappa shape index (κ3) is 3.93. The van der Waals surface area contributed by atoms with Crippen LogP contribution in [0.2, 0.25) is 0 Å². The SMILES string of the molecule is CCCNc1cncc(C(=O)NCC(C2CC2)C2CC2)n1. The fraction of sp³-hybridized carbons (Fsp3) is 0.688. The maximum Gasteiger partial charge on any atom is 0.271 e. The predicted molar refractivity (Wildman–Crippen MR) is 82.1 cm³/mol. The molecule has 2 aliphatic rings.